The summed E-state index contributed by atoms with van der Waals surface area (Å²) in [7, 11) is 0. The lowest BCUT2D eigenvalue weighted by Crippen LogP contribution is -2.34. The molecule has 2 amide bonds. The first-order valence-corrected chi connectivity index (χ1v) is 9.92. The molecule has 2 aromatic rings. The van der Waals surface area contributed by atoms with Crippen LogP contribution in [0.4, 0.5) is 11.4 Å². The minimum Gasteiger partial charge on any atom is -0.331 e. The maximum Gasteiger partial charge on any atom is 0.258 e. The van der Waals surface area contributed by atoms with Crippen molar-refractivity contribution < 1.29 is 9.59 Å². The Bertz CT molecular complexity index is 893. The zero-order valence-corrected chi connectivity index (χ0v) is 18.2. The summed E-state index contributed by atoms with van der Waals surface area (Å²) in [4.78, 5) is 24.1. The number of hydrogen-bond acceptors (Lipinski definition) is 3. The van der Waals surface area contributed by atoms with Gasteiger partial charge in [0.15, 0.2) is 5.11 Å². The van der Waals surface area contributed by atoms with Crippen molar-refractivity contribution in [2.24, 2.45) is 0 Å². The number of rotatable bonds is 5. The molecule has 0 unspecified atom stereocenters. The van der Waals surface area contributed by atoms with Gasteiger partial charge in [-0.25, -0.2) is 0 Å². The SMILES string of the molecule is CCCC(=O)Nc1ccc(Cl)c(NC(=S)NC(=O)c2cc(Br)ccc2Cl)c1. The Labute approximate surface area is 180 Å². The van der Waals surface area contributed by atoms with Crippen LogP contribution >= 0.6 is 51.3 Å². The minimum atomic E-state index is -0.456. The van der Waals surface area contributed by atoms with Gasteiger partial charge in [-0.1, -0.05) is 46.1 Å². The molecule has 3 N–H and O–H groups in total. The third-order valence-electron chi connectivity index (χ3n) is 3.38. The second-order valence-electron chi connectivity index (χ2n) is 5.53. The fourth-order valence-electron chi connectivity index (χ4n) is 2.14. The van der Waals surface area contributed by atoms with Crippen molar-refractivity contribution in [2.75, 3.05) is 10.6 Å². The van der Waals surface area contributed by atoms with Gasteiger partial charge < -0.3 is 10.6 Å². The summed E-state index contributed by atoms with van der Waals surface area (Å²) in [6.45, 7) is 1.92. The highest BCUT2D eigenvalue weighted by Crippen LogP contribution is 2.26. The van der Waals surface area contributed by atoms with Crippen molar-refractivity contribution in [3.8, 4) is 0 Å². The molecule has 0 aliphatic carbocycles. The van der Waals surface area contributed by atoms with E-state index in [0.717, 1.165) is 10.9 Å². The first-order valence-electron chi connectivity index (χ1n) is 7.97. The predicted octanol–water partition coefficient (Wildman–Crippen LogP) is 5.62. The number of anilines is 2. The van der Waals surface area contributed by atoms with Gasteiger partial charge in [-0.05, 0) is 55.0 Å². The standard InChI is InChI=1S/C18H16BrCl2N3O2S/c1-2-3-16(25)22-11-5-7-14(21)15(9-11)23-18(27)24-17(26)12-8-10(19)4-6-13(12)20/h4-9H,2-3H2,1H3,(H,22,25)(H2,23,24,26,27). The number of carbonyl (C=O) groups is 2. The zero-order valence-electron chi connectivity index (χ0n) is 14.2. The van der Waals surface area contributed by atoms with Crippen LogP contribution in [0.5, 0.6) is 0 Å². The topological polar surface area (TPSA) is 70.2 Å². The summed E-state index contributed by atoms with van der Waals surface area (Å²) in [5, 5.41) is 8.92. The van der Waals surface area contributed by atoms with Crippen LogP contribution in [0.3, 0.4) is 0 Å². The highest BCUT2D eigenvalue weighted by molar-refractivity contribution is 9.10. The molecule has 0 aromatic heterocycles. The summed E-state index contributed by atoms with van der Waals surface area (Å²) in [6, 6.07) is 9.88. The summed E-state index contributed by atoms with van der Waals surface area (Å²) in [5.74, 6) is -0.548. The summed E-state index contributed by atoms with van der Waals surface area (Å²) in [6.07, 6.45) is 1.17. The van der Waals surface area contributed by atoms with Crippen molar-refractivity contribution in [1.82, 2.24) is 5.32 Å². The number of carbonyl (C=O) groups excluding carboxylic acids is 2. The van der Waals surface area contributed by atoms with Gasteiger partial charge in [0.25, 0.3) is 5.91 Å². The Balaban J connectivity index is 2.07. The monoisotopic (exact) mass is 487 g/mol. The van der Waals surface area contributed by atoms with Crippen LogP contribution in [0, 0.1) is 0 Å². The molecule has 0 fully saturated rings. The molecule has 0 saturated heterocycles. The molecule has 0 bridgehead atoms. The first-order chi connectivity index (χ1) is 12.8. The largest absolute Gasteiger partial charge is 0.331 e. The van der Waals surface area contributed by atoms with E-state index in [0.29, 0.717) is 27.8 Å². The van der Waals surface area contributed by atoms with E-state index in [9.17, 15) is 9.59 Å². The van der Waals surface area contributed by atoms with E-state index in [-0.39, 0.29) is 16.6 Å². The van der Waals surface area contributed by atoms with Crippen LogP contribution in [-0.2, 0) is 4.79 Å². The van der Waals surface area contributed by atoms with E-state index in [4.69, 9.17) is 35.4 Å². The number of nitrogens with one attached hydrogen (secondary N) is 3. The lowest BCUT2D eigenvalue weighted by molar-refractivity contribution is -0.116. The normalized spacial score (nSPS) is 10.2. The van der Waals surface area contributed by atoms with Gasteiger partial charge >= 0.3 is 0 Å². The van der Waals surface area contributed by atoms with Crippen LogP contribution in [-0.4, -0.2) is 16.9 Å². The fourth-order valence-corrected chi connectivity index (χ4v) is 3.08. The Kier molecular flexibility index (Phi) is 8.04. The summed E-state index contributed by atoms with van der Waals surface area (Å²) >= 11 is 20.7. The Hall–Kier alpha value is -1.67. The molecule has 5 nitrogen and oxygen atoms in total. The summed E-state index contributed by atoms with van der Waals surface area (Å²) in [5.41, 5.74) is 1.31. The van der Waals surface area contributed by atoms with Gasteiger partial charge in [0, 0.05) is 16.6 Å². The Morgan fingerprint density at radius 1 is 1.07 bits per heavy atom. The lowest BCUT2D eigenvalue weighted by Gasteiger charge is -2.13. The average molecular weight is 489 g/mol. The predicted molar refractivity (Wildman–Crippen MR) is 118 cm³/mol. The van der Waals surface area contributed by atoms with Crippen molar-refractivity contribution in [2.45, 2.75) is 19.8 Å². The molecular weight excluding hydrogens is 473 g/mol. The molecule has 0 saturated carbocycles. The average Bonchev–Trinajstić information content (AvgIpc) is 2.60. The van der Waals surface area contributed by atoms with Crippen LogP contribution in [0.2, 0.25) is 10.0 Å². The van der Waals surface area contributed by atoms with Gasteiger partial charge in [0.05, 0.1) is 21.3 Å². The van der Waals surface area contributed by atoms with Gasteiger partial charge in [-0.2, -0.15) is 0 Å². The minimum absolute atomic E-state index is 0.0509. The van der Waals surface area contributed by atoms with Gasteiger partial charge in [-0.15, -0.1) is 0 Å². The molecule has 0 spiro atoms. The molecule has 0 aliphatic heterocycles. The number of halogens is 3. The Morgan fingerprint density at radius 3 is 2.48 bits per heavy atom. The van der Waals surface area contributed by atoms with Crippen LogP contribution in [0.1, 0.15) is 30.1 Å². The van der Waals surface area contributed by atoms with Crippen molar-refractivity contribution in [3.05, 3.63) is 56.5 Å². The molecular formula is C18H16BrCl2N3O2S. The van der Waals surface area contributed by atoms with E-state index in [1.807, 2.05) is 6.92 Å². The van der Waals surface area contributed by atoms with E-state index in [1.54, 1.807) is 36.4 Å². The Morgan fingerprint density at radius 2 is 1.78 bits per heavy atom. The second kappa shape index (κ2) is 10.0. The molecule has 0 atom stereocenters. The van der Waals surface area contributed by atoms with Crippen molar-refractivity contribution in [1.29, 1.82) is 0 Å². The van der Waals surface area contributed by atoms with Crippen molar-refractivity contribution >= 4 is 79.7 Å². The highest BCUT2D eigenvalue weighted by atomic mass is 79.9. The molecule has 142 valence electrons. The van der Waals surface area contributed by atoms with Crippen LogP contribution in [0.15, 0.2) is 40.9 Å². The second-order valence-corrected chi connectivity index (χ2v) is 7.66. The van der Waals surface area contributed by atoms with Gasteiger partial charge in [0.2, 0.25) is 5.91 Å². The third-order valence-corrected chi connectivity index (χ3v) is 4.73. The highest BCUT2D eigenvalue weighted by Gasteiger charge is 2.13. The van der Waals surface area contributed by atoms with Crippen LogP contribution in [0.25, 0.3) is 0 Å². The quantitative estimate of drug-likeness (QED) is 0.477. The number of thiocarbonyl (C=S) groups is 1. The number of amides is 2. The molecule has 0 heterocycles. The number of benzene rings is 2. The van der Waals surface area contributed by atoms with E-state index in [2.05, 4.69) is 31.9 Å². The molecule has 2 aromatic carbocycles. The van der Waals surface area contributed by atoms with E-state index in [1.165, 1.54) is 0 Å². The van der Waals surface area contributed by atoms with Crippen LogP contribution < -0.4 is 16.0 Å². The van der Waals surface area contributed by atoms with E-state index >= 15 is 0 Å². The summed E-state index contributed by atoms with van der Waals surface area (Å²) < 4.78 is 0.717. The fraction of sp³-hybridized carbons (Fsp3) is 0.167. The molecule has 27 heavy (non-hydrogen) atoms. The zero-order chi connectivity index (χ0) is 20.0. The van der Waals surface area contributed by atoms with Crippen molar-refractivity contribution in [3.63, 3.8) is 0 Å². The molecule has 0 aliphatic rings. The molecule has 2 rings (SSSR count). The lowest BCUT2D eigenvalue weighted by atomic mass is 10.2. The maximum absolute atomic E-state index is 12.4. The van der Waals surface area contributed by atoms with Gasteiger partial charge in [0.1, 0.15) is 0 Å². The molecule has 0 radical (unpaired) electrons. The maximum atomic E-state index is 12.4. The third kappa shape index (κ3) is 6.46. The first kappa shape index (κ1) is 21.6. The van der Waals surface area contributed by atoms with Gasteiger partial charge in [-0.3, -0.25) is 14.9 Å². The van der Waals surface area contributed by atoms with E-state index < -0.39 is 5.91 Å². The number of hydrogen-bond donors (Lipinski definition) is 3. The smallest absolute Gasteiger partial charge is 0.258 e. The molecule has 9 heteroatoms.